The highest BCUT2D eigenvalue weighted by atomic mass is 79.9. The molecule has 0 N–H and O–H groups in total. The molecule has 1 amide bonds. The Morgan fingerprint density at radius 2 is 1.86 bits per heavy atom. The van der Waals surface area contributed by atoms with Crippen molar-refractivity contribution in [3.05, 3.63) is 91.3 Å². The lowest BCUT2D eigenvalue weighted by Gasteiger charge is -2.14. The number of carbonyl (C=O) groups is 1. The second-order valence-corrected chi connectivity index (χ2v) is 11.8. The normalized spacial score (nSPS) is 14.8. The zero-order chi connectivity index (χ0) is 26.9. The number of hydrogen-bond donors (Lipinski definition) is 0. The zero-order valence-corrected chi connectivity index (χ0v) is 23.2. The molecule has 1 heterocycles. The van der Waals surface area contributed by atoms with Crippen molar-refractivity contribution in [1.29, 1.82) is 0 Å². The Morgan fingerprint density at radius 1 is 1.11 bits per heavy atom. The van der Waals surface area contributed by atoms with E-state index in [0.29, 0.717) is 26.0 Å². The standard InChI is InChI=1S/C24H17BrN2O7S3/c1-14-6-8-18(13-19(14)27(29)30)37(31,32)34-20-9-7-15(10-21(20)33-2)11-22-23(28)26(24(35)36-22)17-5-3-4-16(25)12-17/h3-13H,1-2H3/b22-11-. The van der Waals surface area contributed by atoms with E-state index in [1.54, 1.807) is 30.3 Å². The molecule has 0 spiro atoms. The molecule has 190 valence electrons. The molecule has 0 aromatic heterocycles. The lowest BCUT2D eigenvalue weighted by atomic mass is 10.2. The van der Waals surface area contributed by atoms with Gasteiger partial charge in [0.1, 0.15) is 4.90 Å². The second-order valence-electron chi connectivity index (χ2n) is 7.65. The summed E-state index contributed by atoms with van der Waals surface area (Å²) in [5.41, 5.74) is 1.15. The molecule has 0 bridgehead atoms. The first-order valence-electron chi connectivity index (χ1n) is 10.4. The number of amides is 1. The van der Waals surface area contributed by atoms with Crippen molar-refractivity contribution in [3.8, 4) is 11.5 Å². The van der Waals surface area contributed by atoms with Gasteiger partial charge in [0.25, 0.3) is 11.6 Å². The number of methoxy groups -OCH3 is 1. The maximum absolute atomic E-state index is 13.0. The Labute approximate surface area is 230 Å². The molecule has 1 fully saturated rings. The van der Waals surface area contributed by atoms with Crippen LogP contribution in [-0.4, -0.2) is 30.7 Å². The number of carbonyl (C=O) groups excluding carboxylic acids is 1. The molecule has 37 heavy (non-hydrogen) atoms. The minimum Gasteiger partial charge on any atom is -0.493 e. The summed E-state index contributed by atoms with van der Waals surface area (Å²) in [7, 11) is -3.06. The molecule has 0 unspecified atom stereocenters. The van der Waals surface area contributed by atoms with Crippen LogP contribution in [0.5, 0.6) is 11.5 Å². The Hall–Kier alpha value is -3.26. The number of aryl methyl sites for hydroxylation is 1. The van der Waals surface area contributed by atoms with Crippen LogP contribution in [0.25, 0.3) is 6.08 Å². The quantitative estimate of drug-likeness (QED) is 0.105. The molecular weight excluding hydrogens is 604 g/mol. The van der Waals surface area contributed by atoms with E-state index in [1.807, 2.05) is 6.07 Å². The van der Waals surface area contributed by atoms with Crippen LogP contribution in [0.15, 0.2) is 74.9 Å². The SMILES string of the molecule is COc1cc(/C=C2\SC(=S)N(c3cccc(Br)c3)C2=O)ccc1OS(=O)(=O)c1ccc(C)c([N+](=O)[O-])c1. The summed E-state index contributed by atoms with van der Waals surface area (Å²) in [6.07, 6.45) is 1.61. The van der Waals surface area contributed by atoms with Crippen molar-refractivity contribution in [2.75, 3.05) is 12.0 Å². The first-order chi connectivity index (χ1) is 17.5. The minimum absolute atomic E-state index is 0.0846. The van der Waals surface area contributed by atoms with E-state index in [0.717, 1.165) is 22.3 Å². The van der Waals surface area contributed by atoms with Crippen molar-refractivity contribution in [3.63, 3.8) is 0 Å². The summed E-state index contributed by atoms with van der Waals surface area (Å²) in [5.74, 6) is -0.332. The fourth-order valence-electron chi connectivity index (χ4n) is 3.41. The van der Waals surface area contributed by atoms with Crippen LogP contribution in [0.3, 0.4) is 0 Å². The number of ether oxygens (including phenoxy) is 1. The van der Waals surface area contributed by atoms with Gasteiger partial charge in [0, 0.05) is 16.1 Å². The molecule has 1 aliphatic heterocycles. The number of nitro benzene ring substituents is 1. The number of hydrogen-bond acceptors (Lipinski definition) is 9. The first kappa shape index (κ1) is 26.8. The molecular formula is C24H17BrN2O7S3. The van der Waals surface area contributed by atoms with Gasteiger partial charge in [-0.3, -0.25) is 19.8 Å². The Balaban J connectivity index is 1.61. The smallest absolute Gasteiger partial charge is 0.339 e. The largest absolute Gasteiger partial charge is 0.493 e. The van der Waals surface area contributed by atoms with Gasteiger partial charge in [-0.2, -0.15) is 8.42 Å². The van der Waals surface area contributed by atoms with E-state index in [-0.39, 0.29) is 28.0 Å². The van der Waals surface area contributed by atoms with Crippen LogP contribution in [0.1, 0.15) is 11.1 Å². The zero-order valence-electron chi connectivity index (χ0n) is 19.2. The number of thioether (sulfide) groups is 1. The van der Waals surface area contributed by atoms with Crippen LogP contribution in [0.2, 0.25) is 0 Å². The van der Waals surface area contributed by atoms with Crippen molar-refractivity contribution in [1.82, 2.24) is 0 Å². The summed E-state index contributed by atoms with van der Waals surface area (Å²) in [5, 5.41) is 11.2. The average Bonchev–Trinajstić information content (AvgIpc) is 3.12. The van der Waals surface area contributed by atoms with Crippen LogP contribution < -0.4 is 13.8 Å². The molecule has 4 rings (SSSR count). The van der Waals surface area contributed by atoms with E-state index in [4.69, 9.17) is 21.1 Å². The van der Waals surface area contributed by atoms with Gasteiger partial charge in [-0.15, -0.1) is 0 Å². The fraction of sp³-hybridized carbons (Fsp3) is 0.0833. The van der Waals surface area contributed by atoms with Crippen LogP contribution in [0.4, 0.5) is 11.4 Å². The van der Waals surface area contributed by atoms with Crippen molar-refractivity contribution in [2.45, 2.75) is 11.8 Å². The van der Waals surface area contributed by atoms with Crippen molar-refractivity contribution >= 4 is 77.7 Å². The molecule has 0 atom stereocenters. The number of thiocarbonyl (C=S) groups is 1. The van der Waals surface area contributed by atoms with Gasteiger partial charge in [-0.05, 0) is 55.0 Å². The third kappa shape index (κ3) is 5.69. The van der Waals surface area contributed by atoms with E-state index >= 15 is 0 Å². The van der Waals surface area contributed by atoms with Crippen LogP contribution in [0, 0.1) is 17.0 Å². The molecule has 3 aromatic rings. The van der Waals surface area contributed by atoms with E-state index in [9.17, 15) is 23.3 Å². The monoisotopic (exact) mass is 620 g/mol. The molecule has 3 aromatic carbocycles. The molecule has 0 radical (unpaired) electrons. The topological polar surface area (TPSA) is 116 Å². The Morgan fingerprint density at radius 3 is 2.54 bits per heavy atom. The van der Waals surface area contributed by atoms with Gasteiger partial charge in [0.2, 0.25) is 0 Å². The number of rotatable bonds is 7. The highest BCUT2D eigenvalue weighted by Crippen LogP contribution is 2.38. The number of anilines is 1. The van der Waals surface area contributed by atoms with E-state index < -0.39 is 15.0 Å². The maximum Gasteiger partial charge on any atom is 0.339 e. The number of halogens is 1. The van der Waals surface area contributed by atoms with Crippen molar-refractivity contribution in [2.24, 2.45) is 0 Å². The van der Waals surface area contributed by atoms with Gasteiger partial charge >= 0.3 is 10.1 Å². The maximum atomic E-state index is 13.0. The van der Waals surface area contributed by atoms with Crippen LogP contribution in [-0.2, 0) is 14.9 Å². The highest BCUT2D eigenvalue weighted by Gasteiger charge is 2.33. The number of nitrogens with zero attached hydrogens (tertiary/aromatic N) is 2. The summed E-state index contributed by atoms with van der Waals surface area (Å²) in [4.78, 5) is 25.0. The molecule has 0 saturated carbocycles. The molecule has 1 aliphatic rings. The van der Waals surface area contributed by atoms with Gasteiger partial charge in [-0.25, -0.2) is 0 Å². The van der Waals surface area contributed by atoms with Crippen LogP contribution >= 0.6 is 39.9 Å². The minimum atomic E-state index is -4.40. The average molecular weight is 622 g/mol. The second kappa shape index (κ2) is 10.6. The molecule has 9 nitrogen and oxygen atoms in total. The van der Waals surface area contributed by atoms with Gasteiger partial charge in [-0.1, -0.05) is 58.1 Å². The lowest BCUT2D eigenvalue weighted by molar-refractivity contribution is -0.385. The predicted octanol–water partition coefficient (Wildman–Crippen LogP) is 5.85. The molecule has 0 aliphatic carbocycles. The summed E-state index contributed by atoms with van der Waals surface area (Å²) in [6, 6.07) is 15.1. The summed E-state index contributed by atoms with van der Waals surface area (Å²) in [6.45, 7) is 1.50. The number of nitro groups is 1. The Bertz CT molecular complexity index is 1590. The lowest BCUT2D eigenvalue weighted by Crippen LogP contribution is -2.27. The van der Waals surface area contributed by atoms with E-state index in [2.05, 4.69) is 15.9 Å². The summed E-state index contributed by atoms with van der Waals surface area (Å²) >= 11 is 9.93. The third-order valence-electron chi connectivity index (χ3n) is 5.21. The van der Waals surface area contributed by atoms with Gasteiger partial charge in [0.05, 0.1) is 22.6 Å². The van der Waals surface area contributed by atoms with Gasteiger partial charge in [0.15, 0.2) is 15.8 Å². The predicted molar refractivity (Wildman–Crippen MR) is 148 cm³/mol. The van der Waals surface area contributed by atoms with Crippen molar-refractivity contribution < 1.29 is 27.1 Å². The fourth-order valence-corrected chi connectivity index (χ4v) is 6.05. The summed E-state index contributed by atoms with van der Waals surface area (Å²) < 4.78 is 37.3. The van der Waals surface area contributed by atoms with E-state index in [1.165, 1.54) is 43.2 Å². The highest BCUT2D eigenvalue weighted by molar-refractivity contribution is 9.10. The molecule has 13 heteroatoms. The third-order valence-corrected chi connectivity index (χ3v) is 8.24. The molecule has 1 saturated heterocycles. The number of benzene rings is 3. The van der Waals surface area contributed by atoms with Gasteiger partial charge < -0.3 is 8.92 Å². The Kier molecular flexibility index (Phi) is 7.69. The first-order valence-corrected chi connectivity index (χ1v) is 13.8.